The van der Waals surface area contributed by atoms with E-state index in [4.69, 9.17) is 0 Å². The van der Waals surface area contributed by atoms with Gasteiger partial charge in [0.15, 0.2) is 0 Å². The average Bonchev–Trinajstić information content (AvgIpc) is 2.46. The maximum Gasteiger partial charge on any atom is 0.220 e. The summed E-state index contributed by atoms with van der Waals surface area (Å²) >= 11 is 0. The van der Waals surface area contributed by atoms with Crippen LogP contribution in [0.2, 0.25) is 0 Å². The van der Waals surface area contributed by atoms with Gasteiger partial charge in [0, 0.05) is 24.4 Å². The first-order chi connectivity index (χ1) is 9.17. The van der Waals surface area contributed by atoms with Crippen LogP contribution in [-0.4, -0.2) is 18.5 Å². The van der Waals surface area contributed by atoms with Gasteiger partial charge in [-0.25, -0.2) is 4.99 Å². The largest absolute Gasteiger partial charge is 0.305 e. The van der Waals surface area contributed by atoms with E-state index in [0.29, 0.717) is 0 Å². The Morgan fingerprint density at radius 3 is 2.68 bits per heavy atom. The lowest BCUT2D eigenvalue weighted by Crippen LogP contribution is -2.62. The summed E-state index contributed by atoms with van der Waals surface area (Å²) in [7, 11) is 0. The van der Waals surface area contributed by atoms with Gasteiger partial charge in [-0.15, -0.1) is 0 Å². The molecule has 100 valence electrons. The van der Waals surface area contributed by atoms with Crippen LogP contribution in [0.15, 0.2) is 59.9 Å². The highest BCUT2D eigenvalue weighted by molar-refractivity contribution is 5.87. The number of hydrogen-bond donors (Lipinski definition) is 2. The molecule has 0 heterocycles. The van der Waals surface area contributed by atoms with Crippen molar-refractivity contribution in [1.29, 1.82) is 0 Å². The Kier molecular flexibility index (Phi) is 6.47. The van der Waals surface area contributed by atoms with Gasteiger partial charge in [0.25, 0.3) is 0 Å². The molecular formula is C16H22N3+. The summed E-state index contributed by atoms with van der Waals surface area (Å²) in [5.74, 6) is 0. The maximum atomic E-state index is 4.40. The third kappa shape index (κ3) is 5.44. The Bertz CT molecular complexity index is 462. The standard InChI is InChI=1S/C16H21N3/c1-5-16(17-4)12-19-14(3)13(2)18-11-15-9-7-6-8-10-15/h5-10,12-13,18H,1,4,11H2,2-3H3/p+1/b16-12+,19-14?/t13-/m1/s1. The molecule has 19 heavy (non-hydrogen) atoms. The van der Waals surface area contributed by atoms with Gasteiger partial charge >= 0.3 is 0 Å². The van der Waals surface area contributed by atoms with Gasteiger partial charge in [0.2, 0.25) is 5.70 Å². The molecule has 3 nitrogen and oxygen atoms in total. The molecular weight excluding hydrogens is 234 g/mol. The summed E-state index contributed by atoms with van der Waals surface area (Å²) in [4.78, 5) is 7.17. The maximum absolute atomic E-state index is 4.40. The summed E-state index contributed by atoms with van der Waals surface area (Å²) in [5.41, 5.74) is 3.09. The van der Waals surface area contributed by atoms with Crippen LogP contribution in [0.25, 0.3) is 0 Å². The summed E-state index contributed by atoms with van der Waals surface area (Å²) in [6, 6.07) is 10.5. The van der Waals surface area contributed by atoms with Crippen LogP contribution in [0, 0.1) is 0 Å². The van der Waals surface area contributed by atoms with Crippen molar-refractivity contribution < 1.29 is 4.99 Å². The number of nitrogens with one attached hydrogen (secondary N) is 2. The van der Waals surface area contributed by atoms with Crippen molar-refractivity contribution in [1.82, 2.24) is 5.32 Å². The minimum atomic E-state index is 0.215. The van der Waals surface area contributed by atoms with Crippen molar-refractivity contribution in [3.8, 4) is 0 Å². The normalized spacial score (nSPS) is 14.0. The van der Waals surface area contributed by atoms with Crippen molar-refractivity contribution in [2.45, 2.75) is 26.4 Å². The number of nitrogens with zero attached hydrogens (tertiary/aromatic N) is 1. The van der Waals surface area contributed by atoms with Gasteiger partial charge in [-0.05, 0) is 19.4 Å². The predicted octanol–water partition coefficient (Wildman–Crippen LogP) is 1.43. The first-order valence-electron chi connectivity index (χ1n) is 6.34. The minimum Gasteiger partial charge on any atom is -0.305 e. The molecule has 0 amide bonds. The van der Waals surface area contributed by atoms with Crippen LogP contribution in [-0.2, 0) is 6.54 Å². The lowest BCUT2D eigenvalue weighted by Gasteiger charge is -2.13. The third-order valence-electron chi connectivity index (χ3n) is 2.91. The van der Waals surface area contributed by atoms with Crippen molar-refractivity contribution in [3.05, 3.63) is 60.4 Å². The number of allylic oxidation sites excluding steroid dienone is 1. The molecule has 0 bridgehead atoms. The smallest absolute Gasteiger partial charge is 0.220 e. The second kappa shape index (κ2) is 8.16. The van der Waals surface area contributed by atoms with E-state index in [-0.39, 0.29) is 6.04 Å². The number of benzene rings is 1. The molecule has 0 unspecified atom stereocenters. The number of rotatable bonds is 7. The summed E-state index contributed by atoms with van der Waals surface area (Å²) in [6.45, 7) is 12.2. The van der Waals surface area contributed by atoms with Crippen LogP contribution in [0.4, 0.5) is 0 Å². The van der Waals surface area contributed by atoms with Crippen LogP contribution in [0.3, 0.4) is 0 Å². The molecule has 0 aliphatic carbocycles. The molecule has 0 saturated heterocycles. The highest BCUT2D eigenvalue weighted by atomic mass is 14.9. The van der Waals surface area contributed by atoms with Gasteiger partial charge in [0.05, 0.1) is 6.20 Å². The number of aliphatic imine (C=N–C) groups is 1. The van der Waals surface area contributed by atoms with E-state index in [9.17, 15) is 0 Å². The lowest BCUT2D eigenvalue weighted by molar-refractivity contribution is -0.380. The molecule has 1 atom stereocenters. The molecule has 0 aliphatic heterocycles. The summed E-state index contributed by atoms with van der Waals surface area (Å²) < 4.78 is 0. The van der Waals surface area contributed by atoms with E-state index in [1.54, 1.807) is 12.3 Å². The average molecular weight is 256 g/mol. The molecule has 0 spiro atoms. The van der Waals surface area contributed by atoms with E-state index in [2.05, 4.69) is 47.7 Å². The molecule has 1 rings (SSSR count). The zero-order valence-electron chi connectivity index (χ0n) is 11.7. The summed E-state index contributed by atoms with van der Waals surface area (Å²) in [5, 5.41) is 3.44. The van der Waals surface area contributed by atoms with E-state index in [1.165, 1.54) is 5.56 Å². The molecule has 2 N–H and O–H groups in total. The van der Waals surface area contributed by atoms with Crippen molar-refractivity contribution in [3.63, 3.8) is 0 Å². The van der Waals surface area contributed by atoms with Crippen molar-refractivity contribution in [2.75, 3.05) is 0 Å². The highest BCUT2D eigenvalue weighted by Gasteiger charge is 2.04. The minimum absolute atomic E-state index is 0.215. The van der Waals surface area contributed by atoms with Gasteiger partial charge in [-0.3, -0.25) is 4.99 Å². The van der Waals surface area contributed by atoms with E-state index >= 15 is 0 Å². The van der Waals surface area contributed by atoms with Crippen LogP contribution < -0.4 is 10.3 Å². The van der Waals surface area contributed by atoms with Gasteiger partial charge in [0.1, 0.15) is 6.72 Å². The molecule has 0 aromatic heterocycles. The number of hydrogen-bond acceptors (Lipinski definition) is 2. The fourth-order valence-corrected chi connectivity index (χ4v) is 1.47. The van der Waals surface area contributed by atoms with E-state index < -0.39 is 0 Å². The fraction of sp³-hybridized carbons (Fsp3) is 0.250. The molecule has 0 radical (unpaired) electrons. The fourth-order valence-electron chi connectivity index (χ4n) is 1.47. The predicted molar refractivity (Wildman–Crippen MR) is 82.2 cm³/mol. The van der Waals surface area contributed by atoms with Gasteiger partial charge < -0.3 is 5.32 Å². The molecule has 0 saturated carbocycles. The van der Waals surface area contributed by atoms with Gasteiger partial charge in [-0.1, -0.05) is 36.9 Å². The zero-order valence-corrected chi connectivity index (χ0v) is 11.7. The Hall–Kier alpha value is -2.00. The van der Waals surface area contributed by atoms with Crippen molar-refractivity contribution >= 4 is 12.4 Å². The lowest BCUT2D eigenvalue weighted by atomic mass is 10.2. The Balaban J connectivity index is 2.55. The first-order valence-corrected chi connectivity index (χ1v) is 6.34. The highest BCUT2D eigenvalue weighted by Crippen LogP contribution is 1.99. The monoisotopic (exact) mass is 256 g/mol. The molecule has 3 heteroatoms. The first kappa shape index (κ1) is 15.1. The van der Waals surface area contributed by atoms with E-state index in [0.717, 1.165) is 18.0 Å². The Labute approximate surface area is 115 Å². The summed E-state index contributed by atoms with van der Waals surface area (Å²) in [6.07, 6.45) is 3.42. The van der Waals surface area contributed by atoms with E-state index in [1.807, 2.05) is 25.1 Å². The quantitative estimate of drug-likeness (QED) is 0.562. The molecule has 1 aromatic carbocycles. The zero-order chi connectivity index (χ0) is 14.1. The topological polar surface area (TPSA) is 38.4 Å². The van der Waals surface area contributed by atoms with Crippen LogP contribution in [0.1, 0.15) is 19.4 Å². The Morgan fingerprint density at radius 2 is 2.11 bits per heavy atom. The second-order valence-electron chi connectivity index (χ2n) is 4.32. The molecule has 0 fully saturated rings. The Morgan fingerprint density at radius 1 is 1.42 bits per heavy atom. The third-order valence-corrected chi connectivity index (χ3v) is 2.91. The van der Waals surface area contributed by atoms with Gasteiger partial charge in [-0.2, -0.15) is 0 Å². The van der Waals surface area contributed by atoms with Crippen LogP contribution in [0.5, 0.6) is 0 Å². The van der Waals surface area contributed by atoms with Crippen LogP contribution >= 0.6 is 0 Å². The second-order valence-corrected chi connectivity index (χ2v) is 4.32. The molecule has 1 aromatic rings. The molecule has 0 aliphatic rings. The SMILES string of the molecule is C=C/C(=C\N=C(C)[C@@H](C)NCc1ccccc1)[NH+]=C. The van der Waals surface area contributed by atoms with Crippen molar-refractivity contribution in [2.24, 2.45) is 4.99 Å².